The van der Waals surface area contributed by atoms with Gasteiger partial charge in [0.05, 0.1) is 15.2 Å². The van der Waals surface area contributed by atoms with Crippen LogP contribution in [0.15, 0.2) is 18.2 Å². The van der Waals surface area contributed by atoms with E-state index in [0.717, 1.165) is 11.4 Å². The molecule has 0 radical (unpaired) electrons. The van der Waals surface area contributed by atoms with Gasteiger partial charge < -0.3 is 5.73 Å². The van der Waals surface area contributed by atoms with E-state index in [1.807, 2.05) is 0 Å². The largest absolute Gasteiger partial charge is 0.330 e. The Morgan fingerprint density at radius 2 is 2.20 bits per heavy atom. The van der Waals surface area contributed by atoms with E-state index < -0.39 is 0 Å². The molecular formula is C12H16N2S. The molecule has 2 N–H and O–H groups in total. The molecule has 2 aromatic rings. The van der Waals surface area contributed by atoms with Crippen LogP contribution in [0, 0.1) is 0 Å². The Morgan fingerprint density at radius 1 is 1.40 bits per heavy atom. The second kappa shape index (κ2) is 4.29. The molecule has 2 nitrogen and oxygen atoms in total. The molecule has 0 aliphatic rings. The molecule has 0 aliphatic carbocycles. The zero-order chi connectivity index (χ0) is 10.8. The summed E-state index contributed by atoms with van der Waals surface area (Å²) in [5, 5.41) is 1.15. The molecule has 15 heavy (non-hydrogen) atoms. The van der Waals surface area contributed by atoms with Gasteiger partial charge in [0.1, 0.15) is 0 Å². The molecule has 1 aromatic heterocycles. The highest BCUT2D eigenvalue weighted by molar-refractivity contribution is 7.18. The minimum absolute atomic E-state index is 0.529. The Morgan fingerprint density at radius 3 is 2.87 bits per heavy atom. The predicted molar refractivity (Wildman–Crippen MR) is 66.5 cm³/mol. The van der Waals surface area contributed by atoms with Crippen molar-refractivity contribution in [3.63, 3.8) is 0 Å². The third-order valence-electron chi connectivity index (χ3n) is 2.47. The molecule has 80 valence electrons. The molecule has 2 rings (SSSR count). The average Bonchev–Trinajstić information content (AvgIpc) is 2.59. The second-order valence-electron chi connectivity index (χ2n) is 3.99. The Bertz CT molecular complexity index is 460. The number of nitrogens with two attached hydrogens (primary N) is 1. The lowest BCUT2D eigenvalue weighted by molar-refractivity contribution is 0.871. The van der Waals surface area contributed by atoms with E-state index in [1.165, 1.54) is 15.8 Å². The topological polar surface area (TPSA) is 38.9 Å². The van der Waals surface area contributed by atoms with Crippen molar-refractivity contribution in [3.05, 3.63) is 28.8 Å². The minimum atomic E-state index is 0.529. The van der Waals surface area contributed by atoms with Crippen molar-refractivity contribution in [3.8, 4) is 0 Å². The summed E-state index contributed by atoms with van der Waals surface area (Å²) in [7, 11) is 0. The van der Waals surface area contributed by atoms with Crippen LogP contribution in [0.3, 0.4) is 0 Å². The van der Waals surface area contributed by atoms with Crippen molar-refractivity contribution in [2.24, 2.45) is 5.73 Å². The molecule has 1 aromatic carbocycles. The van der Waals surface area contributed by atoms with Crippen LogP contribution in [0.5, 0.6) is 0 Å². The second-order valence-corrected chi connectivity index (χ2v) is 5.11. The van der Waals surface area contributed by atoms with Crippen molar-refractivity contribution in [2.75, 3.05) is 6.54 Å². The van der Waals surface area contributed by atoms with Crippen molar-refractivity contribution in [1.82, 2.24) is 4.98 Å². The van der Waals surface area contributed by atoms with Gasteiger partial charge in [-0.3, -0.25) is 0 Å². The van der Waals surface area contributed by atoms with Crippen LogP contribution in [0.1, 0.15) is 30.3 Å². The smallest absolute Gasteiger partial charge is 0.0951 e. The highest BCUT2D eigenvalue weighted by Crippen LogP contribution is 2.29. The summed E-state index contributed by atoms with van der Waals surface area (Å²) in [4.78, 5) is 4.66. The number of hydrogen-bond acceptors (Lipinski definition) is 3. The number of aromatic nitrogens is 1. The SMILES string of the molecule is CC(C)c1cccc2sc(CCN)nc12. The first-order valence-electron chi connectivity index (χ1n) is 5.30. The monoisotopic (exact) mass is 220 g/mol. The van der Waals surface area contributed by atoms with Gasteiger partial charge in [-0.15, -0.1) is 11.3 Å². The molecule has 0 saturated heterocycles. The van der Waals surface area contributed by atoms with Crippen molar-refractivity contribution in [1.29, 1.82) is 0 Å². The van der Waals surface area contributed by atoms with Crippen molar-refractivity contribution < 1.29 is 0 Å². The molecule has 0 fully saturated rings. The summed E-state index contributed by atoms with van der Waals surface area (Å²) in [5.41, 5.74) is 8.05. The molecule has 3 heteroatoms. The fourth-order valence-electron chi connectivity index (χ4n) is 1.71. The molecule has 0 bridgehead atoms. The Labute approximate surface area is 94.1 Å². The van der Waals surface area contributed by atoms with E-state index in [-0.39, 0.29) is 0 Å². The first-order chi connectivity index (χ1) is 7.22. The number of fused-ring (bicyclic) bond motifs is 1. The van der Waals surface area contributed by atoms with Gasteiger partial charge in [-0.25, -0.2) is 4.98 Å². The number of benzene rings is 1. The van der Waals surface area contributed by atoms with E-state index in [0.29, 0.717) is 12.5 Å². The van der Waals surface area contributed by atoms with Crippen LogP contribution in [-0.2, 0) is 6.42 Å². The zero-order valence-electron chi connectivity index (χ0n) is 9.16. The highest BCUT2D eigenvalue weighted by Gasteiger charge is 2.09. The van der Waals surface area contributed by atoms with E-state index in [2.05, 4.69) is 37.0 Å². The van der Waals surface area contributed by atoms with E-state index in [1.54, 1.807) is 11.3 Å². The standard InChI is InChI=1S/C12H16N2S/c1-8(2)9-4-3-5-10-12(9)14-11(15-10)6-7-13/h3-5,8H,6-7,13H2,1-2H3. The van der Waals surface area contributed by atoms with Gasteiger partial charge >= 0.3 is 0 Å². The Kier molecular flexibility index (Phi) is 3.03. The van der Waals surface area contributed by atoms with Crippen LogP contribution < -0.4 is 5.73 Å². The van der Waals surface area contributed by atoms with Crippen LogP contribution in [-0.4, -0.2) is 11.5 Å². The van der Waals surface area contributed by atoms with Crippen molar-refractivity contribution in [2.45, 2.75) is 26.2 Å². The molecule has 0 saturated carbocycles. The van der Waals surface area contributed by atoms with Gasteiger partial charge in [-0.05, 0) is 24.1 Å². The average molecular weight is 220 g/mol. The van der Waals surface area contributed by atoms with Gasteiger partial charge in [-0.2, -0.15) is 0 Å². The normalized spacial score (nSPS) is 11.5. The maximum Gasteiger partial charge on any atom is 0.0951 e. The maximum atomic E-state index is 5.55. The molecule has 0 unspecified atom stereocenters. The lowest BCUT2D eigenvalue weighted by atomic mass is 10.0. The Balaban J connectivity index is 2.54. The first-order valence-corrected chi connectivity index (χ1v) is 6.12. The van der Waals surface area contributed by atoms with Gasteiger partial charge in [0.2, 0.25) is 0 Å². The Hall–Kier alpha value is -0.930. The molecular weight excluding hydrogens is 204 g/mol. The summed E-state index contributed by atoms with van der Waals surface area (Å²) >= 11 is 1.76. The molecule has 0 aliphatic heterocycles. The van der Waals surface area contributed by atoms with Crippen LogP contribution in [0.2, 0.25) is 0 Å². The van der Waals surface area contributed by atoms with Gasteiger partial charge in [0, 0.05) is 6.42 Å². The molecule has 0 amide bonds. The number of thiazole rings is 1. The fourth-order valence-corrected chi connectivity index (χ4v) is 2.73. The molecule has 1 heterocycles. The maximum absolute atomic E-state index is 5.55. The number of hydrogen-bond donors (Lipinski definition) is 1. The minimum Gasteiger partial charge on any atom is -0.330 e. The summed E-state index contributed by atoms with van der Waals surface area (Å²) < 4.78 is 1.28. The number of para-hydroxylation sites is 1. The summed E-state index contributed by atoms with van der Waals surface area (Å²) in [6.45, 7) is 5.09. The molecule has 0 spiro atoms. The van der Waals surface area contributed by atoms with Gasteiger partial charge in [0.15, 0.2) is 0 Å². The number of nitrogens with zero attached hydrogens (tertiary/aromatic N) is 1. The highest BCUT2D eigenvalue weighted by atomic mass is 32.1. The van der Waals surface area contributed by atoms with Gasteiger partial charge in [0.25, 0.3) is 0 Å². The number of rotatable bonds is 3. The fraction of sp³-hybridized carbons (Fsp3) is 0.417. The predicted octanol–water partition coefficient (Wildman–Crippen LogP) is 2.92. The third-order valence-corrected chi connectivity index (χ3v) is 3.56. The van der Waals surface area contributed by atoms with Crippen molar-refractivity contribution >= 4 is 21.6 Å². The zero-order valence-corrected chi connectivity index (χ0v) is 9.97. The lowest BCUT2D eigenvalue weighted by Gasteiger charge is -2.04. The van der Waals surface area contributed by atoms with E-state index in [4.69, 9.17) is 5.73 Å². The van der Waals surface area contributed by atoms with Gasteiger partial charge in [-0.1, -0.05) is 26.0 Å². The van der Waals surface area contributed by atoms with Crippen LogP contribution in [0.4, 0.5) is 0 Å². The quantitative estimate of drug-likeness (QED) is 0.863. The first kappa shape index (κ1) is 10.6. The van der Waals surface area contributed by atoms with E-state index >= 15 is 0 Å². The summed E-state index contributed by atoms with van der Waals surface area (Å²) in [5.74, 6) is 0.529. The van der Waals surface area contributed by atoms with Crippen LogP contribution >= 0.6 is 11.3 Å². The van der Waals surface area contributed by atoms with Crippen LogP contribution in [0.25, 0.3) is 10.2 Å². The molecule has 0 atom stereocenters. The van der Waals surface area contributed by atoms with E-state index in [9.17, 15) is 0 Å². The summed E-state index contributed by atoms with van der Waals surface area (Å²) in [6.07, 6.45) is 0.886. The third kappa shape index (κ3) is 2.03. The summed E-state index contributed by atoms with van der Waals surface area (Å²) in [6, 6.07) is 6.42. The lowest BCUT2D eigenvalue weighted by Crippen LogP contribution is -2.01.